The highest BCUT2D eigenvalue weighted by Crippen LogP contribution is 2.21. The molecule has 2 aliphatic heterocycles. The molecule has 0 saturated carbocycles. The molecular weight excluding hydrogens is 248 g/mol. The molecule has 1 amide bonds. The molecule has 0 spiro atoms. The topological polar surface area (TPSA) is 41.6 Å². The average molecular weight is 272 g/mol. The van der Waals surface area contributed by atoms with Gasteiger partial charge in [-0.3, -0.25) is 4.79 Å². The lowest BCUT2D eigenvalue weighted by Gasteiger charge is -2.37. The number of rotatable bonds is 3. The van der Waals surface area contributed by atoms with Crippen LogP contribution in [0.15, 0.2) is 0 Å². The van der Waals surface area contributed by atoms with E-state index in [0.29, 0.717) is 18.4 Å². The third-order valence-electron chi connectivity index (χ3n) is 3.96. The van der Waals surface area contributed by atoms with E-state index in [4.69, 9.17) is 4.74 Å². The van der Waals surface area contributed by atoms with Crippen molar-refractivity contribution in [1.82, 2.24) is 10.2 Å². The van der Waals surface area contributed by atoms with Gasteiger partial charge >= 0.3 is 0 Å². The number of nitrogens with zero attached hydrogens (tertiary/aromatic N) is 1. The summed E-state index contributed by atoms with van der Waals surface area (Å²) < 4.78 is 5.46. The van der Waals surface area contributed by atoms with E-state index in [9.17, 15) is 4.79 Å². The van der Waals surface area contributed by atoms with Crippen molar-refractivity contribution in [3.63, 3.8) is 0 Å². The number of likely N-dealkylation sites (tertiary alicyclic amines) is 1. The fourth-order valence-corrected chi connectivity index (χ4v) is 3.61. The van der Waals surface area contributed by atoms with E-state index in [1.165, 1.54) is 0 Å². The molecule has 0 radical (unpaired) electrons. The normalized spacial score (nSPS) is 33.4. The summed E-state index contributed by atoms with van der Waals surface area (Å²) in [7, 11) is 1.74. The Kier molecular flexibility index (Phi) is 5.33. The van der Waals surface area contributed by atoms with E-state index in [2.05, 4.69) is 12.2 Å². The van der Waals surface area contributed by atoms with Crippen molar-refractivity contribution in [3.05, 3.63) is 0 Å². The fraction of sp³-hybridized carbons (Fsp3) is 0.923. The minimum Gasteiger partial charge on any atom is -0.379 e. The van der Waals surface area contributed by atoms with Gasteiger partial charge in [0.2, 0.25) is 5.91 Å². The minimum absolute atomic E-state index is 0.205. The van der Waals surface area contributed by atoms with Crippen LogP contribution >= 0.6 is 11.8 Å². The molecule has 4 nitrogen and oxygen atoms in total. The van der Waals surface area contributed by atoms with Crippen LogP contribution in [0.25, 0.3) is 0 Å². The molecule has 0 aromatic heterocycles. The second-order valence-electron chi connectivity index (χ2n) is 5.31. The maximum Gasteiger partial charge on any atom is 0.224 e. The van der Waals surface area contributed by atoms with Crippen LogP contribution in [0.2, 0.25) is 0 Å². The molecule has 2 rings (SSSR count). The van der Waals surface area contributed by atoms with E-state index in [0.717, 1.165) is 37.6 Å². The van der Waals surface area contributed by atoms with Crippen molar-refractivity contribution in [1.29, 1.82) is 0 Å². The maximum absolute atomic E-state index is 12.3. The number of thioether (sulfide) groups is 1. The molecule has 3 unspecified atom stereocenters. The summed E-state index contributed by atoms with van der Waals surface area (Å²) in [4.78, 5) is 14.2. The molecule has 2 saturated heterocycles. The first kappa shape index (κ1) is 14.2. The number of nitrogens with one attached hydrogen (secondary N) is 1. The van der Waals surface area contributed by atoms with Crippen LogP contribution in [0.3, 0.4) is 0 Å². The highest BCUT2D eigenvalue weighted by Gasteiger charge is 2.29. The molecular formula is C13H24N2O2S. The Morgan fingerprint density at radius 1 is 1.56 bits per heavy atom. The zero-order valence-corrected chi connectivity index (χ0v) is 12.2. The monoisotopic (exact) mass is 272 g/mol. The molecule has 2 aliphatic rings. The molecule has 1 N–H and O–H groups in total. The lowest BCUT2D eigenvalue weighted by molar-refractivity contribution is -0.136. The highest BCUT2D eigenvalue weighted by atomic mass is 32.2. The van der Waals surface area contributed by atoms with Crippen molar-refractivity contribution >= 4 is 17.7 Å². The van der Waals surface area contributed by atoms with Gasteiger partial charge in [-0.1, -0.05) is 6.92 Å². The molecule has 0 aromatic rings. The molecule has 18 heavy (non-hydrogen) atoms. The largest absolute Gasteiger partial charge is 0.379 e. The summed E-state index contributed by atoms with van der Waals surface area (Å²) in [6.07, 6.45) is 1.89. The van der Waals surface area contributed by atoms with Crippen molar-refractivity contribution in [2.75, 3.05) is 38.2 Å². The first-order chi connectivity index (χ1) is 8.70. The molecule has 2 heterocycles. The van der Waals surface area contributed by atoms with Gasteiger partial charge in [0.15, 0.2) is 0 Å². The van der Waals surface area contributed by atoms with Gasteiger partial charge < -0.3 is 15.0 Å². The van der Waals surface area contributed by atoms with Gasteiger partial charge in [-0.25, -0.2) is 0 Å². The zero-order valence-electron chi connectivity index (χ0n) is 11.4. The number of amides is 1. The summed E-state index contributed by atoms with van der Waals surface area (Å²) >= 11 is 1.94. The van der Waals surface area contributed by atoms with Crippen molar-refractivity contribution < 1.29 is 9.53 Å². The third-order valence-corrected chi connectivity index (χ3v) is 5.10. The Balaban J connectivity index is 1.81. The van der Waals surface area contributed by atoms with Gasteiger partial charge in [0.25, 0.3) is 0 Å². The van der Waals surface area contributed by atoms with Crippen LogP contribution in [0.5, 0.6) is 0 Å². The van der Waals surface area contributed by atoms with E-state index in [1.54, 1.807) is 7.11 Å². The summed E-state index contributed by atoms with van der Waals surface area (Å²) in [5.41, 5.74) is 0. The number of carbonyl (C=O) groups is 1. The van der Waals surface area contributed by atoms with Crippen LogP contribution in [-0.4, -0.2) is 61.2 Å². The van der Waals surface area contributed by atoms with Gasteiger partial charge in [-0.05, 0) is 12.3 Å². The molecule has 0 aliphatic carbocycles. The van der Waals surface area contributed by atoms with Gasteiger partial charge in [-0.2, -0.15) is 11.8 Å². The number of ether oxygens (including phenoxy) is 1. The average Bonchev–Trinajstić information content (AvgIpc) is 2.40. The Morgan fingerprint density at radius 2 is 2.39 bits per heavy atom. The van der Waals surface area contributed by atoms with Crippen LogP contribution in [0.4, 0.5) is 0 Å². The number of methoxy groups -OCH3 is 1. The van der Waals surface area contributed by atoms with Crippen molar-refractivity contribution in [3.8, 4) is 0 Å². The lowest BCUT2D eigenvalue weighted by atomic mass is 9.95. The predicted octanol–water partition coefficient (Wildman–Crippen LogP) is 0.965. The molecule has 104 valence electrons. The lowest BCUT2D eigenvalue weighted by Crippen LogP contribution is -2.49. The standard InChI is InChI=1S/C13H24N2O2S/c1-10-3-5-15(8-12(10)17-2)13(16)7-11-9-18-6-4-14-11/h10-12,14H,3-9H2,1-2H3. The number of hydrogen-bond donors (Lipinski definition) is 1. The van der Waals surface area contributed by atoms with Gasteiger partial charge in [0.05, 0.1) is 6.10 Å². The molecule has 2 fully saturated rings. The Labute approximate surface area is 114 Å². The van der Waals surface area contributed by atoms with E-state index >= 15 is 0 Å². The number of hydrogen-bond acceptors (Lipinski definition) is 4. The second-order valence-corrected chi connectivity index (χ2v) is 6.46. The van der Waals surface area contributed by atoms with E-state index in [-0.39, 0.29) is 12.0 Å². The minimum atomic E-state index is 0.205. The summed E-state index contributed by atoms with van der Waals surface area (Å²) in [6.45, 7) is 4.88. The van der Waals surface area contributed by atoms with Crippen LogP contribution < -0.4 is 5.32 Å². The van der Waals surface area contributed by atoms with E-state index < -0.39 is 0 Å². The van der Waals surface area contributed by atoms with Crippen LogP contribution in [0.1, 0.15) is 19.8 Å². The molecule has 5 heteroatoms. The van der Waals surface area contributed by atoms with E-state index in [1.807, 2.05) is 16.7 Å². The van der Waals surface area contributed by atoms with Crippen LogP contribution in [-0.2, 0) is 9.53 Å². The highest BCUT2D eigenvalue weighted by molar-refractivity contribution is 7.99. The first-order valence-electron chi connectivity index (χ1n) is 6.82. The van der Waals surface area contributed by atoms with Crippen LogP contribution in [0, 0.1) is 5.92 Å². The summed E-state index contributed by atoms with van der Waals surface area (Å²) in [5, 5.41) is 3.42. The molecule has 0 aromatic carbocycles. The summed E-state index contributed by atoms with van der Waals surface area (Å²) in [5.74, 6) is 3.06. The van der Waals surface area contributed by atoms with Gasteiger partial charge in [0.1, 0.15) is 0 Å². The first-order valence-corrected chi connectivity index (χ1v) is 7.98. The SMILES string of the molecule is COC1CN(C(=O)CC2CSCCN2)CCC1C. The zero-order chi connectivity index (χ0) is 13.0. The third kappa shape index (κ3) is 3.62. The Bertz CT molecular complexity index is 282. The van der Waals surface area contributed by atoms with Crippen molar-refractivity contribution in [2.45, 2.75) is 31.9 Å². The van der Waals surface area contributed by atoms with Crippen molar-refractivity contribution in [2.24, 2.45) is 5.92 Å². The molecule has 3 atom stereocenters. The smallest absolute Gasteiger partial charge is 0.224 e. The quantitative estimate of drug-likeness (QED) is 0.831. The van der Waals surface area contributed by atoms with Gasteiger partial charge in [0, 0.05) is 50.7 Å². The molecule has 0 bridgehead atoms. The Hall–Kier alpha value is -0.260. The number of piperidine rings is 1. The predicted molar refractivity (Wildman–Crippen MR) is 74.9 cm³/mol. The second kappa shape index (κ2) is 6.78. The number of carbonyl (C=O) groups excluding carboxylic acids is 1. The Morgan fingerprint density at radius 3 is 3.06 bits per heavy atom. The fourth-order valence-electron chi connectivity index (χ4n) is 2.66. The maximum atomic E-state index is 12.3. The summed E-state index contributed by atoms with van der Waals surface area (Å²) in [6, 6.07) is 0.358. The van der Waals surface area contributed by atoms with Gasteiger partial charge in [-0.15, -0.1) is 0 Å².